The quantitative estimate of drug-likeness (QED) is 0.773. The van der Waals surface area contributed by atoms with Gasteiger partial charge in [0.1, 0.15) is 5.82 Å². The van der Waals surface area contributed by atoms with Crippen LogP contribution in [-0.2, 0) is 0 Å². The van der Waals surface area contributed by atoms with Crippen LogP contribution in [0.2, 0.25) is 0 Å². The van der Waals surface area contributed by atoms with Crippen molar-refractivity contribution in [1.29, 1.82) is 0 Å². The SMILES string of the molecule is C=CCNc1nnc(Sc2nc(C(C)C)nc(N(C)C)n2)s1. The number of hydrogen-bond donors (Lipinski definition) is 1. The summed E-state index contributed by atoms with van der Waals surface area (Å²) >= 11 is 2.86. The summed E-state index contributed by atoms with van der Waals surface area (Å²) in [5.41, 5.74) is 0. The van der Waals surface area contributed by atoms with Crippen molar-refractivity contribution in [2.75, 3.05) is 30.9 Å². The van der Waals surface area contributed by atoms with Crippen LogP contribution in [-0.4, -0.2) is 45.8 Å². The lowest BCUT2D eigenvalue weighted by Crippen LogP contribution is -2.15. The Morgan fingerprint density at radius 2 is 2.05 bits per heavy atom. The Morgan fingerprint density at radius 1 is 1.27 bits per heavy atom. The summed E-state index contributed by atoms with van der Waals surface area (Å²) in [6, 6.07) is 0. The van der Waals surface area contributed by atoms with E-state index in [1.54, 1.807) is 6.08 Å². The third-order valence-electron chi connectivity index (χ3n) is 2.52. The zero-order chi connectivity index (χ0) is 16.1. The smallest absolute Gasteiger partial charge is 0.229 e. The lowest BCUT2D eigenvalue weighted by Gasteiger charge is -2.13. The number of aromatic nitrogens is 5. The predicted octanol–water partition coefficient (Wildman–Crippen LogP) is 2.66. The fraction of sp³-hybridized carbons (Fsp3) is 0.462. The van der Waals surface area contributed by atoms with Gasteiger partial charge in [-0.25, -0.2) is 4.98 Å². The van der Waals surface area contributed by atoms with Crippen molar-refractivity contribution in [2.45, 2.75) is 29.3 Å². The van der Waals surface area contributed by atoms with E-state index in [9.17, 15) is 0 Å². The van der Waals surface area contributed by atoms with Crippen molar-refractivity contribution in [3.8, 4) is 0 Å². The second-order valence-electron chi connectivity index (χ2n) is 4.97. The van der Waals surface area contributed by atoms with E-state index in [1.165, 1.54) is 23.1 Å². The van der Waals surface area contributed by atoms with E-state index in [1.807, 2.05) is 19.0 Å². The van der Waals surface area contributed by atoms with Crippen LogP contribution >= 0.6 is 23.1 Å². The van der Waals surface area contributed by atoms with Gasteiger partial charge in [-0.05, 0) is 11.8 Å². The molecule has 0 aliphatic carbocycles. The molecule has 0 saturated heterocycles. The molecular weight excluding hydrogens is 318 g/mol. The highest BCUT2D eigenvalue weighted by molar-refractivity contribution is 8.00. The van der Waals surface area contributed by atoms with Crippen LogP contribution in [0.1, 0.15) is 25.6 Å². The molecule has 0 unspecified atom stereocenters. The van der Waals surface area contributed by atoms with Crippen molar-refractivity contribution >= 4 is 34.2 Å². The maximum atomic E-state index is 4.50. The minimum Gasteiger partial charge on any atom is -0.357 e. The summed E-state index contributed by atoms with van der Waals surface area (Å²) in [5, 5.41) is 12.7. The van der Waals surface area contributed by atoms with Crippen LogP contribution in [0, 0.1) is 0 Å². The summed E-state index contributed by atoms with van der Waals surface area (Å²) < 4.78 is 0.789. The normalized spacial score (nSPS) is 10.8. The Morgan fingerprint density at radius 3 is 2.68 bits per heavy atom. The predicted molar refractivity (Wildman–Crippen MR) is 91.0 cm³/mol. The van der Waals surface area contributed by atoms with Gasteiger partial charge in [0.05, 0.1) is 0 Å². The first-order valence-corrected chi connectivity index (χ1v) is 8.42. The minimum atomic E-state index is 0.236. The Labute approximate surface area is 138 Å². The molecular formula is C13H19N7S2. The van der Waals surface area contributed by atoms with Crippen molar-refractivity contribution in [2.24, 2.45) is 0 Å². The van der Waals surface area contributed by atoms with Gasteiger partial charge < -0.3 is 10.2 Å². The van der Waals surface area contributed by atoms with E-state index in [0.717, 1.165) is 15.3 Å². The Balaban J connectivity index is 2.20. The molecule has 0 aliphatic rings. The molecule has 7 nitrogen and oxygen atoms in total. The summed E-state index contributed by atoms with van der Waals surface area (Å²) in [6.45, 7) is 8.44. The summed E-state index contributed by atoms with van der Waals surface area (Å²) in [7, 11) is 3.83. The molecule has 0 aliphatic heterocycles. The first-order valence-electron chi connectivity index (χ1n) is 6.79. The van der Waals surface area contributed by atoms with Crippen LogP contribution in [0.4, 0.5) is 11.1 Å². The molecule has 2 heterocycles. The second kappa shape index (κ2) is 7.50. The largest absolute Gasteiger partial charge is 0.357 e. The summed E-state index contributed by atoms with van der Waals surface area (Å²) in [6.07, 6.45) is 1.78. The third-order valence-corrected chi connectivity index (χ3v) is 4.32. The number of nitrogens with zero attached hydrogens (tertiary/aromatic N) is 6. The molecule has 2 aromatic rings. The van der Waals surface area contributed by atoms with E-state index < -0.39 is 0 Å². The maximum Gasteiger partial charge on any atom is 0.229 e. The van der Waals surface area contributed by atoms with Gasteiger partial charge in [-0.15, -0.1) is 16.8 Å². The average Bonchev–Trinajstić information content (AvgIpc) is 2.92. The molecule has 1 N–H and O–H groups in total. The summed E-state index contributed by atoms with van der Waals surface area (Å²) in [4.78, 5) is 15.3. The summed E-state index contributed by atoms with van der Waals surface area (Å²) in [5.74, 6) is 1.66. The molecule has 0 amide bonds. The van der Waals surface area contributed by atoms with Gasteiger partial charge in [-0.3, -0.25) is 0 Å². The molecule has 9 heteroatoms. The van der Waals surface area contributed by atoms with E-state index >= 15 is 0 Å². The molecule has 118 valence electrons. The van der Waals surface area contributed by atoms with Gasteiger partial charge in [0.2, 0.25) is 11.1 Å². The first-order chi connectivity index (χ1) is 10.5. The van der Waals surface area contributed by atoms with E-state index in [0.29, 0.717) is 17.6 Å². The van der Waals surface area contributed by atoms with Crippen molar-refractivity contribution < 1.29 is 0 Å². The molecule has 2 aromatic heterocycles. The van der Waals surface area contributed by atoms with Crippen LogP contribution in [0.3, 0.4) is 0 Å². The zero-order valence-electron chi connectivity index (χ0n) is 13.1. The van der Waals surface area contributed by atoms with Gasteiger partial charge in [0.25, 0.3) is 0 Å². The molecule has 22 heavy (non-hydrogen) atoms. The van der Waals surface area contributed by atoms with Crippen LogP contribution in [0.25, 0.3) is 0 Å². The minimum absolute atomic E-state index is 0.236. The van der Waals surface area contributed by atoms with Gasteiger partial charge in [0.15, 0.2) is 9.50 Å². The van der Waals surface area contributed by atoms with Crippen LogP contribution in [0.5, 0.6) is 0 Å². The molecule has 0 radical (unpaired) electrons. The molecule has 0 aromatic carbocycles. The Bertz CT molecular complexity index is 613. The lowest BCUT2D eigenvalue weighted by atomic mass is 10.2. The molecule has 0 saturated carbocycles. The number of anilines is 2. The third kappa shape index (κ3) is 4.38. The average molecular weight is 337 g/mol. The van der Waals surface area contributed by atoms with Gasteiger partial charge >= 0.3 is 0 Å². The maximum absolute atomic E-state index is 4.50. The molecule has 0 spiro atoms. The number of rotatable bonds is 7. The zero-order valence-corrected chi connectivity index (χ0v) is 14.7. The van der Waals surface area contributed by atoms with Crippen molar-refractivity contribution in [3.05, 3.63) is 18.5 Å². The monoisotopic (exact) mass is 337 g/mol. The fourth-order valence-corrected chi connectivity index (χ4v) is 3.04. The van der Waals surface area contributed by atoms with E-state index in [-0.39, 0.29) is 5.92 Å². The highest BCUT2D eigenvalue weighted by atomic mass is 32.2. The first kappa shape index (κ1) is 16.6. The van der Waals surface area contributed by atoms with Gasteiger partial charge in [-0.2, -0.15) is 9.97 Å². The van der Waals surface area contributed by atoms with E-state index in [4.69, 9.17) is 0 Å². The van der Waals surface area contributed by atoms with Gasteiger partial charge in [-0.1, -0.05) is 31.3 Å². The highest BCUT2D eigenvalue weighted by Gasteiger charge is 2.14. The number of nitrogens with one attached hydrogen (secondary N) is 1. The van der Waals surface area contributed by atoms with E-state index in [2.05, 4.69) is 50.9 Å². The molecule has 0 bridgehead atoms. The Hall–Kier alpha value is -1.74. The fourth-order valence-electron chi connectivity index (χ4n) is 1.42. The second-order valence-corrected chi connectivity index (χ2v) is 7.16. The van der Waals surface area contributed by atoms with Crippen LogP contribution < -0.4 is 10.2 Å². The lowest BCUT2D eigenvalue weighted by molar-refractivity contribution is 0.716. The van der Waals surface area contributed by atoms with Crippen molar-refractivity contribution in [1.82, 2.24) is 25.1 Å². The van der Waals surface area contributed by atoms with Crippen molar-refractivity contribution in [3.63, 3.8) is 0 Å². The Kier molecular flexibility index (Phi) is 5.67. The molecule has 0 fully saturated rings. The molecule has 0 atom stereocenters. The van der Waals surface area contributed by atoms with Gasteiger partial charge in [0, 0.05) is 26.6 Å². The topological polar surface area (TPSA) is 79.7 Å². The van der Waals surface area contributed by atoms with Crippen LogP contribution in [0.15, 0.2) is 22.2 Å². The number of hydrogen-bond acceptors (Lipinski definition) is 9. The molecule has 2 rings (SSSR count). The standard InChI is InChI=1S/C13H19N7S2/c1-6-7-14-11-18-19-13(21-11)22-12-16-9(8(2)3)15-10(17-12)20(4)5/h6,8H,1,7H2,2-5H3,(H,14,18). The highest BCUT2D eigenvalue weighted by Crippen LogP contribution is 2.30.